The first-order valence-electron chi connectivity index (χ1n) is 6.39. The zero-order chi connectivity index (χ0) is 14.0. The van der Waals surface area contributed by atoms with Gasteiger partial charge in [-0.1, -0.05) is 6.92 Å². The number of β-amino-alcohol motifs (C(OH)–C–C–N with tert-alkyl or cyclic N) is 1. The standard InChI is InChI=1S/C14H18FNO3/c1-9-4-5-16(7-13(9)18)8-14(19)11-6-10(15)2-3-12(11)17/h2-3,6,9,13,17-18H,4-5,7-8H2,1H3. The zero-order valence-electron chi connectivity index (χ0n) is 10.8. The van der Waals surface area contributed by atoms with Gasteiger partial charge in [-0.2, -0.15) is 0 Å². The molecule has 0 aromatic heterocycles. The van der Waals surface area contributed by atoms with Crippen LogP contribution >= 0.6 is 0 Å². The van der Waals surface area contributed by atoms with E-state index in [1.807, 2.05) is 11.8 Å². The highest BCUT2D eigenvalue weighted by molar-refractivity contribution is 6.00. The fourth-order valence-electron chi connectivity index (χ4n) is 2.28. The highest BCUT2D eigenvalue weighted by Gasteiger charge is 2.26. The number of aliphatic hydroxyl groups excluding tert-OH is 1. The summed E-state index contributed by atoms with van der Waals surface area (Å²) in [6.45, 7) is 3.21. The molecule has 1 saturated heterocycles. The number of nitrogens with zero attached hydrogens (tertiary/aromatic N) is 1. The summed E-state index contributed by atoms with van der Waals surface area (Å²) in [5, 5.41) is 19.3. The predicted molar refractivity (Wildman–Crippen MR) is 68.6 cm³/mol. The summed E-state index contributed by atoms with van der Waals surface area (Å²) in [5.41, 5.74) is -0.00638. The van der Waals surface area contributed by atoms with E-state index in [2.05, 4.69) is 0 Å². The smallest absolute Gasteiger partial charge is 0.180 e. The van der Waals surface area contributed by atoms with Gasteiger partial charge in [0.2, 0.25) is 0 Å². The molecule has 2 N–H and O–H groups in total. The molecule has 2 unspecified atom stereocenters. The van der Waals surface area contributed by atoms with Crippen LogP contribution in [-0.2, 0) is 0 Å². The van der Waals surface area contributed by atoms with Gasteiger partial charge in [0.15, 0.2) is 5.78 Å². The van der Waals surface area contributed by atoms with Crippen LogP contribution in [-0.4, -0.2) is 46.6 Å². The Morgan fingerprint density at radius 2 is 2.26 bits per heavy atom. The quantitative estimate of drug-likeness (QED) is 0.813. The lowest BCUT2D eigenvalue weighted by Gasteiger charge is -2.33. The van der Waals surface area contributed by atoms with Gasteiger partial charge >= 0.3 is 0 Å². The molecule has 1 aromatic carbocycles. The lowest BCUT2D eigenvalue weighted by atomic mass is 9.95. The second-order valence-corrected chi connectivity index (χ2v) is 5.15. The number of ketones is 1. The van der Waals surface area contributed by atoms with Crippen LogP contribution < -0.4 is 0 Å². The van der Waals surface area contributed by atoms with E-state index in [9.17, 15) is 19.4 Å². The maximum Gasteiger partial charge on any atom is 0.180 e. The Balaban J connectivity index is 2.03. The number of carbonyl (C=O) groups excluding carboxylic acids is 1. The average molecular weight is 267 g/mol. The number of benzene rings is 1. The molecule has 4 nitrogen and oxygen atoms in total. The number of aliphatic hydroxyl groups is 1. The van der Waals surface area contributed by atoms with Crippen molar-refractivity contribution < 1.29 is 19.4 Å². The topological polar surface area (TPSA) is 60.8 Å². The number of hydrogen-bond donors (Lipinski definition) is 2. The summed E-state index contributed by atoms with van der Waals surface area (Å²) in [7, 11) is 0. The molecular weight excluding hydrogens is 249 g/mol. The molecule has 1 aromatic rings. The van der Waals surface area contributed by atoms with Crippen molar-refractivity contribution in [3.8, 4) is 5.75 Å². The van der Waals surface area contributed by atoms with E-state index in [4.69, 9.17) is 0 Å². The number of phenolic OH excluding ortho intramolecular Hbond substituents is 1. The fourth-order valence-corrected chi connectivity index (χ4v) is 2.28. The van der Waals surface area contributed by atoms with E-state index in [-0.39, 0.29) is 29.6 Å². The maximum atomic E-state index is 13.1. The number of likely N-dealkylation sites (tertiary alicyclic amines) is 1. The number of rotatable bonds is 3. The molecule has 2 rings (SSSR count). The Bertz CT molecular complexity index is 478. The van der Waals surface area contributed by atoms with E-state index in [0.717, 1.165) is 25.1 Å². The van der Waals surface area contributed by atoms with Gasteiger partial charge in [0, 0.05) is 6.54 Å². The molecule has 19 heavy (non-hydrogen) atoms. The first-order chi connectivity index (χ1) is 8.97. The van der Waals surface area contributed by atoms with Crippen molar-refractivity contribution in [2.45, 2.75) is 19.4 Å². The zero-order valence-corrected chi connectivity index (χ0v) is 10.8. The largest absolute Gasteiger partial charge is 0.507 e. The fraction of sp³-hybridized carbons (Fsp3) is 0.500. The molecule has 1 heterocycles. The number of piperidine rings is 1. The van der Waals surface area contributed by atoms with Crippen LogP contribution in [0.5, 0.6) is 5.75 Å². The van der Waals surface area contributed by atoms with Crippen molar-refractivity contribution in [2.75, 3.05) is 19.6 Å². The summed E-state index contributed by atoms with van der Waals surface area (Å²) < 4.78 is 13.1. The molecule has 5 heteroatoms. The van der Waals surface area contributed by atoms with Crippen molar-refractivity contribution in [1.82, 2.24) is 4.90 Å². The Morgan fingerprint density at radius 3 is 2.95 bits per heavy atom. The van der Waals surface area contributed by atoms with E-state index in [1.54, 1.807) is 0 Å². The summed E-state index contributed by atoms with van der Waals surface area (Å²) in [4.78, 5) is 13.9. The summed E-state index contributed by atoms with van der Waals surface area (Å²) >= 11 is 0. The minimum absolute atomic E-state index is 0.00638. The van der Waals surface area contributed by atoms with Gasteiger partial charge in [-0.25, -0.2) is 4.39 Å². The van der Waals surface area contributed by atoms with E-state index >= 15 is 0 Å². The Labute approximate surface area is 111 Å². The number of carbonyl (C=O) groups is 1. The number of phenols is 1. The Morgan fingerprint density at radius 1 is 1.53 bits per heavy atom. The van der Waals surface area contributed by atoms with E-state index in [0.29, 0.717) is 6.54 Å². The molecule has 0 spiro atoms. The van der Waals surface area contributed by atoms with Crippen molar-refractivity contribution in [2.24, 2.45) is 5.92 Å². The lowest BCUT2D eigenvalue weighted by Crippen LogP contribution is -2.44. The van der Waals surface area contributed by atoms with Gasteiger partial charge in [0.05, 0.1) is 18.2 Å². The third kappa shape index (κ3) is 3.30. The number of halogens is 1. The van der Waals surface area contributed by atoms with Gasteiger partial charge < -0.3 is 10.2 Å². The Kier molecular flexibility index (Phi) is 4.17. The highest BCUT2D eigenvalue weighted by atomic mass is 19.1. The second kappa shape index (κ2) is 5.67. The number of Topliss-reactive ketones (excluding diaryl/α,β-unsaturated/α-hetero) is 1. The molecule has 1 fully saturated rings. The molecule has 1 aliphatic heterocycles. The molecule has 104 valence electrons. The van der Waals surface area contributed by atoms with E-state index < -0.39 is 11.9 Å². The minimum atomic E-state index is -0.548. The van der Waals surface area contributed by atoms with Gasteiger partial charge in [-0.15, -0.1) is 0 Å². The molecule has 0 aliphatic carbocycles. The monoisotopic (exact) mass is 267 g/mol. The third-order valence-corrected chi connectivity index (χ3v) is 3.63. The number of aromatic hydroxyl groups is 1. The van der Waals surface area contributed by atoms with Crippen molar-refractivity contribution in [3.05, 3.63) is 29.6 Å². The molecule has 0 bridgehead atoms. The van der Waals surface area contributed by atoms with Gasteiger partial charge in [-0.05, 0) is 37.1 Å². The van der Waals surface area contributed by atoms with Gasteiger partial charge in [-0.3, -0.25) is 9.69 Å². The Hall–Kier alpha value is -1.46. The molecule has 1 aliphatic rings. The van der Waals surface area contributed by atoms with Crippen LogP contribution in [0.3, 0.4) is 0 Å². The highest BCUT2D eigenvalue weighted by Crippen LogP contribution is 2.21. The normalized spacial score (nSPS) is 24.4. The maximum absolute atomic E-state index is 13.1. The predicted octanol–water partition coefficient (Wildman–Crippen LogP) is 1.42. The summed E-state index contributed by atoms with van der Waals surface area (Å²) in [5.74, 6) is -0.863. The van der Waals surface area contributed by atoms with Crippen LogP contribution in [0, 0.1) is 11.7 Å². The van der Waals surface area contributed by atoms with Crippen LogP contribution in [0.4, 0.5) is 4.39 Å². The van der Waals surface area contributed by atoms with Crippen molar-refractivity contribution >= 4 is 5.78 Å². The summed E-state index contributed by atoms with van der Waals surface area (Å²) in [6, 6.07) is 3.33. The second-order valence-electron chi connectivity index (χ2n) is 5.15. The first kappa shape index (κ1) is 14.0. The summed E-state index contributed by atoms with van der Waals surface area (Å²) in [6.07, 6.45) is 0.381. The van der Waals surface area contributed by atoms with Crippen molar-refractivity contribution in [1.29, 1.82) is 0 Å². The van der Waals surface area contributed by atoms with E-state index in [1.165, 1.54) is 6.07 Å². The van der Waals surface area contributed by atoms with Crippen LogP contribution in [0.1, 0.15) is 23.7 Å². The van der Waals surface area contributed by atoms with Gasteiger partial charge in [0.1, 0.15) is 11.6 Å². The number of hydrogen-bond acceptors (Lipinski definition) is 4. The van der Waals surface area contributed by atoms with Gasteiger partial charge in [0.25, 0.3) is 0 Å². The van der Waals surface area contributed by atoms with Crippen LogP contribution in [0.15, 0.2) is 18.2 Å². The average Bonchev–Trinajstić information content (AvgIpc) is 2.36. The SMILES string of the molecule is CC1CCN(CC(=O)c2cc(F)ccc2O)CC1O. The van der Waals surface area contributed by atoms with Crippen molar-refractivity contribution in [3.63, 3.8) is 0 Å². The molecular formula is C14H18FNO3. The molecule has 0 radical (unpaired) electrons. The molecule has 0 saturated carbocycles. The lowest BCUT2D eigenvalue weighted by molar-refractivity contribution is 0.0294. The minimum Gasteiger partial charge on any atom is -0.507 e. The van der Waals surface area contributed by atoms with Crippen LogP contribution in [0.25, 0.3) is 0 Å². The molecule has 0 amide bonds. The van der Waals surface area contributed by atoms with Crippen LogP contribution in [0.2, 0.25) is 0 Å². The first-order valence-corrected chi connectivity index (χ1v) is 6.39. The third-order valence-electron chi connectivity index (χ3n) is 3.63. The molecule has 2 atom stereocenters.